The van der Waals surface area contributed by atoms with Crippen LogP contribution in [-0.2, 0) is 4.79 Å². The van der Waals surface area contributed by atoms with Gasteiger partial charge in [-0.15, -0.1) is 0 Å². The molecule has 2 atom stereocenters. The Hall–Kier alpha value is -0.650. The zero-order valence-electron chi connectivity index (χ0n) is 12.3. The van der Waals surface area contributed by atoms with Gasteiger partial charge >= 0.3 is 0 Å². The van der Waals surface area contributed by atoms with Gasteiger partial charge in [0.15, 0.2) is 0 Å². The Bertz CT molecular complexity index is 261. The standard InChI is InChI=1S/C14H29N3O2/c1-3-5-16-14-9-13(4-8-18)10-17(11-14)7-6-15-12(2)19/h13-14,16,18H,3-11H2,1-2H3,(H,15,19). The van der Waals surface area contributed by atoms with Gasteiger partial charge in [0.25, 0.3) is 0 Å². The average Bonchev–Trinajstić information content (AvgIpc) is 2.36. The number of rotatable bonds is 8. The largest absolute Gasteiger partial charge is 0.396 e. The number of piperidine rings is 1. The summed E-state index contributed by atoms with van der Waals surface area (Å²) in [5.74, 6) is 0.593. The lowest BCUT2D eigenvalue weighted by Crippen LogP contribution is -2.51. The van der Waals surface area contributed by atoms with E-state index in [1.165, 1.54) is 0 Å². The van der Waals surface area contributed by atoms with Crippen LogP contribution in [0, 0.1) is 5.92 Å². The molecule has 0 aromatic rings. The molecular weight excluding hydrogens is 242 g/mol. The van der Waals surface area contributed by atoms with Crippen molar-refractivity contribution in [3.8, 4) is 0 Å². The second-order valence-corrected chi connectivity index (χ2v) is 5.51. The second-order valence-electron chi connectivity index (χ2n) is 5.51. The summed E-state index contributed by atoms with van der Waals surface area (Å²) in [6.45, 7) is 8.73. The van der Waals surface area contributed by atoms with E-state index in [0.29, 0.717) is 18.5 Å². The predicted octanol–water partition coefficient (Wildman–Crippen LogP) is 0.195. The Labute approximate surface area is 116 Å². The maximum Gasteiger partial charge on any atom is 0.216 e. The molecule has 5 heteroatoms. The Morgan fingerprint density at radius 1 is 1.37 bits per heavy atom. The highest BCUT2D eigenvalue weighted by molar-refractivity contribution is 5.72. The van der Waals surface area contributed by atoms with Gasteiger partial charge in [-0.25, -0.2) is 0 Å². The van der Waals surface area contributed by atoms with Gasteiger partial charge in [0.2, 0.25) is 5.91 Å². The molecule has 0 bridgehead atoms. The minimum absolute atomic E-state index is 0.0320. The summed E-state index contributed by atoms with van der Waals surface area (Å²) >= 11 is 0. The number of hydrogen-bond donors (Lipinski definition) is 3. The number of aliphatic hydroxyl groups excluding tert-OH is 1. The van der Waals surface area contributed by atoms with Gasteiger partial charge in [-0.3, -0.25) is 9.69 Å². The molecule has 0 saturated carbocycles. The maximum atomic E-state index is 10.9. The summed E-state index contributed by atoms with van der Waals surface area (Å²) in [7, 11) is 0. The quantitative estimate of drug-likeness (QED) is 0.590. The smallest absolute Gasteiger partial charge is 0.216 e. The van der Waals surface area contributed by atoms with Gasteiger partial charge in [-0.05, 0) is 31.7 Å². The fraction of sp³-hybridized carbons (Fsp3) is 0.929. The van der Waals surface area contributed by atoms with Crippen molar-refractivity contribution in [1.82, 2.24) is 15.5 Å². The molecule has 112 valence electrons. The van der Waals surface area contributed by atoms with Crippen LogP contribution in [0.5, 0.6) is 0 Å². The molecule has 3 N–H and O–H groups in total. The summed E-state index contributed by atoms with van der Waals surface area (Å²) in [4.78, 5) is 13.3. The molecule has 0 spiro atoms. The monoisotopic (exact) mass is 271 g/mol. The highest BCUT2D eigenvalue weighted by Crippen LogP contribution is 2.19. The summed E-state index contributed by atoms with van der Waals surface area (Å²) < 4.78 is 0. The van der Waals surface area contributed by atoms with Crippen LogP contribution in [0.4, 0.5) is 0 Å². The molecular formula is C14H29N3O2. The lowest BCUT2D eigenvalue weighted by atomic mass is 9.91. The molecule has 1 aliphatic heterocycles. The van der Waals surface area contributed by atoms with Gasteiger partial charge in [-0.1, -0.05) is 6.92 Å². The number of likely N-dealkylation sites (tertiary alicyclic amines) is 1. The molecule has 1 rings (SSSR count). The number of hydrogen-bond acceptors (Lipinski definition) is 4. The lowest BCUT2D eigenvalue weighted by molar-refractivity contribution is -0.119. The first-order chi connectivity index (χ1) is 9.15. The normalized spacial score (nSPS) is 24.4. The number of carbonyl (C=O) groups is 1. The maximum absolute atomic E-state index is 10.9. The van der Waals surface area contributed by atoms with E-state index in [4.69, 9.17) is 5.11 Å². The van der Waals surface area contributed by atoms with Crippen molar-refractivity contribution in [2.75, 3.05) is 39.3 Å². The van der Waals surface area contributed by atoms with Crippen LogP contribution in [0.1, 0.15) is 33.1 Å². The van der Waals surface area contributed by atoms with Crippen molar-refractivity contribution in [2.24, 2.45) is 5.92 Å². The van der Waals surface area contributed by atoms with Crippen molar-refractivity contribution in [3.63, 3.8) is 0 Å². The van der Waals surface area contributed by atoms with Crippen molar-refractivity contribution in [1.29, 1.82) is 0 Å². The zero-order valence-corrected chi connectivity index (χ0v) is 12.3. The van der Waals surface area contributed by atoms with Crippen molar-refractivity contribution >= 4 is 5.91 Å². The van der Waals surface area contributed by atoms with E-state index in [9.17, 15) is 4.79 Å². The van der Waals surface area contributed by atoms with E-state index < -0.39 is 0 Å². The molecule has 0 aromatic carbocycles. The number of carbonyl (C=O) groups excluding carboxylic acids is 1. The molecule has 1 fully saturated rings. The van der Waals surface area contributed by atoms with Crippen LogP contribution in [0.25, 0.3) is 0 Å². The third-order valence-corrected chi connectivity index (χ3v) is 3.64. The molecule has 1 amide bonds. The molecule has 0 aromatic heterocycles. The van der Waals surface area contributed by atoms with E-state index in [2.05, 4.69) is 22.5 Å². The van der Waals surface area contributed by atoms with Gasteiger partial charge in [-0.2, -0.15) is 0 Å². The molecule has 1 saturated heterocycles. The van der Waals surface area contributed by atoms with Crippen molar-refractivity contribution in [3.05, 3.63) is 0 Å². The highest BCUT2D eigenvalue weighted by Gasteiger charge is 2.26. The summed E-state index contributed by atoms with van der Waals surface area (Å²) in [6, 6.07) is 0.516. The van der Waals surface area contributed by atoms with E-state index in [0.717, 1.165) is 45.4 Å². The van der Waals surface area contributed by atoms with Crippen LogP contribution in [0.3, 0.4) is 0 Å². The third-order valence-electron chi connectivity index (χ3n) is 3.64. The van der Waals surface area contributed by atoms with E-state index in [1.807, 2.05) is 0 Å². The molecule has 2 unspecified atom stereocenters. The van der Waals surface area contributed by atoms with Crippen molar-refractivity contribution in [2.45, 2.75) is 39.2 Å². The first kappa shape index (κ1) is 16.4. The van der Waals surface area contributed by atoms with Gasteiger partial charge < -0.3 is 15.7 Å². The first-order valence-corrected chi connectivity index (χ1v) is 7.46. The van der Waals surface area contributed by atoms with Gasteiger partial charge in [0.1, 0.15) is 0 Å². The van der Waals surface area contributed by atoms with Crippen LogP contribution in [-0.4, -0.2) is 61.3 Å². The molecule has 1 heterocycles. The fourth-order valence-corrected chi connectivity index (χ4v) is 2.76. The number of aliphatic hydroxyl groups is 1. The van der Waals surface area contributed by atoms with Crippen LogP contribution in [0.15, 0.2) is 0 Å². The van der Waals surface area contributed by atoms with Crippen LogP contribution in [0.2, 0.25) is 0 Å². The highest BCUT2D eigenvalue weighted by atomic mass is 16.3. The van der Waals surface area contributed by atoms with Gasteiger partial charge in [0.05, 0.1) is 0 Å². The Morgan fingerprint density at radius 3 is 2.79 bits per heavy atom. The summed E-state index contributed by atoms with van der Waals surface area (Å²) in [6.07, 6.45) is 3.17. The van der Waals surface area contributed by atoms with E-state index in [1.54, 1.807) is 6.92 Å². The van der Waals surface area contributed by atoms with Crippen molar-refractivity contribution < 1.29 is 9.90 Å². The molecule has 19 heavy (non-hydrogen) atoms. The fourth-order valence-electron chi connectivity index (χ4n) is 2.76. The summed E-state index contributed by atoms with van der Waals surface area (Å²) in [5.41, 5.74) is 0. The van der Waals surface area contributed by atoms with E-state index >= 15 is 0 Å². The Morgan fingerprint density at radius 2 is 2.16 bits per heavy atom. The lowest BCUT2D eigenvalue weighted by Gasteiger charge is -2.38. The zero-order chi connectivity index (χ0) is 14.1. The molecule has 1 aliphatic rings. The SMILES string of the molecule is CCCNC1CC(CCO)CN(CCNC(C)=O)C1. The molecule has 0 aliphatic carbocycles. The number of nitrogens with zero attached hydrogens (tertiary/aromatic N) is 1. The summed E-state index contributed by atoms with van der Waals surface area (Å²) in [5, 5.41) is 15.5. The third kappa shape index (κ3) is 6.89. The van der Waals surface area contributed by atoms with Crippen LogP contribution < -0.4 is 10.6 Å². The van der Waals surface area contributed by atoms with Gasteiger partial charge in [0, 0.05) is 45.8 Å². The Kier molecular flexibility index (Phi) is 8.02. The number of nitrogens with one attached hydrogen (secondary N) is 2. The average molecular weight is 271 g/mol. The second kappa shape index (κ2) is 9.28. The Balaban J connectivity index is 2.37. The molecule has 5 nitrogen and oxygen atoms in total. The minimum atomic E-state index is 0.0320. The number of amides is 1. The van der Waals surface area contributed by atoms with E-state index in [-0.39, 0.29) is 12.5 Å². The van der Waals surface area contributed by atoms with Crippen LogP contribution >= 0.6 is 0 Å². The molecule has 0 radical (unpaired) electrons. The minimum Gasteiger partial charge on any atom is -0.396 e. The predicted molar refractivity (Wildman–Crippen MR) is 77.0 cm³/mol. The first-order valence-electron chi connectivity index (χ1n) is 7.46. The topological polar surface area (TPSA) is 64.6 Å².